The van der Waals surface area contributed by atoms with E-state index in [1.807, 2.05) is 29.6 Å². The first-order valence-corrected chi connectivity index (χ1v) is 13.1. The van der Waals surface area contributed by atoms with Crippen LogP contribution in [0.4, 0.5) is 5.95 Å². The van der Waals surface area contributed by atoms with Gasteiger partial charge in [-0.3, -0.25) is 14.6 Å². The first-order valence-electron chi connectivity index (χ1n) is 12.2. The molecule has 8 heteroatoms. The maximum atomic E-state index is 13.1. The Morgan fingerprint density at radius 3 is 2.91 bits per heavy atom. The maximum absolute atomic E-state index is 13.1. The van der Waals surface area contributed by atoms with Gasteiger partial charge < -0.3 is 15.0 Å². The van der Waals surface area contributed by atoms with Gasteiger partial charge >= 0.3 is 0 Å². The molecule has 1 amide bonds. The van der Waals surface area contributed by atoms with Gasteiger partial charge in [-0.1, -0.05) is 31.9 Å². The molecule has 3 aromatic rings. The van der Waals surface area contributed by atoms with Crippen LogP contribution in [0.2, 0.25) is 0 Å². The Balaban J connectivity index is 1.39. The predicted molar refractivity (Wildman–Crippen MR) is 137 cm³/mol. The third kappa shape index (κ3) is 4.56. The molecular formula is C26H32N4O3S. The molecule has 0 unspecified atom stereocenters. The normalized spacial score (nSPS) is 23.1. The summed E-state index contributed by atoms with van der Waals surface area (Å²) in [5, 5.41) is 5.30. The highest BCUT2D eigenvalue weighted by Crippen LogP contribution is 2.34. The van der Waals surface area contributed by atoms with Gasteiger partial charge in [0.05, 0.1) is 18.5 Å². The number of rotatable bonds is 5. The van der Waals surface area contributed by atoms with Crippen LogP contribution in [0.1, 0.15) is 45.4 Å². The average Bonchev–Trinajstić information content (AvgIpc) is 3.30. The maximum Gasteiger partial charge on any atom is 0.270 e. The smallest absolute Gasteiger partial charge is 0.270 e. The zero-order valence-electron chi connectivity index (χ0n) is 19.8. The number of fused-ring (bicyclic) bond motifs is 1. The van der Waals surface area contributed by atoms with E-state index in [9.17, 15) is 9.59 Å². The van der Waals surface area contributed by atoms with E-state index in [2.05, 4.69) is 22.1 Å². The van der Waals surface area contributed by atoms with Crippen molar-refractivity contribution >= 4 is 33.4 Å². The quantitative estimate of drug-likeness (QED) is 0.559. The van der Waals surface area contributed by atoms with E-state index < -0.39 is 0 Å². The lowest BCUT2D eigenvalue weighted by atomic mass is 9.85. The molecule has 2 aliphatic rings. The predicted octanol–water partition coefficient (Wildman–Crippen LogP) is 4.57. The van der Waals surface area contributed by atoms with Crippen molar-refractivity contribution in [2.24, 2.45) is 11.8 Å². The van der Waals surface area contributed by atoms with Crippen LogP contribution in [0.25, 0.3) is 21.3 Å². The van der Waals surface area contributed by atoms with Crippen molar-refractivity contribution in [1.82, 2.24) is 15.3 Å². The van der Waals surface area contributed by atoms with Crippen molar-refractivity contribution in [3.05, 3.63) is 40.0 Å². The highest BCUT2D eigenvalue weighted by atomic mass is 32.1. The number of carbonyl (C=O) groups is 1. The van der Waals surface area contributed by atoms with Gasteiger partial charge in [-0.25, -0.2) is 4.98 Å². The number of methoxy groups -OCH3 is 1. The van der Waals surface area contributed by atoms with Crippen LogP contribution in [-0.4, -0.2) is 42.1 Å². The summed E-state index contributed by atoms with van der Waals surface area (Å²) in [6.07, 6.45) is 6.46. The van der Waals surface area contributed by atoms with Crippen molar-refractivity contribution in [2.75, 3.05) is 25.1 Å². The molecule has 7 nitrogen and oxygen atoms in total. The van der Waals surface area contributed by atoms with Gasteiger partial charge in [-0.2, -0.15) is 0 Å². The Labute approximate surface area is 203 Å². The lowest BCUT2D eigenvalue weighted by Crippen LogP contribution is -2.48. The van der Waals surface area contributed by atoms with E-state index in [1.165, 1.54) is 30.6 Å². The third-order valence-corrected chi connectivity index (χ3v) is 8.29. The van der Waals surface area contributed by atoms with Gasteiger partial charge in [0.25, 0.3) is 5.56 Å². The van der Waals surface area contributed by atoms with Crippen LogP contribution < -0.4 is 20.5 Å². The topological polar surface area (TPSA) is 87.3 Å². The first kappa shape index (κ1) is 22.9. The molecule has 1 aliphatic carbocycles. The Morgan fingerprint density at radius 2 is 2.09 bits per heavy atom. The Bertz CT molecular complexity index is 1240. The van der Waals surface area contributed by atoms with Crippen molar-refractivity contribution in [2.45, 2.75) is 51.5 Å². The van der Waals surface area contributed by atoms with Gasteiger partial charge in [-0.15, -0.1) is 11.3 Å². The highest BCUT2D eigenvalue weighted by molar-refractivity contribution is 7.17. The zero-order valence-corrected chi connectivity index (χ0v) is 20.6. The summed E-state index contributed by atoms with van der Waals surface area (Å²) in [7, 11) is 1.64. The first-order chi connectivity index (χ1) is 16.5. The number of ether oxygens (including phenoxy) is 1. The number of carbonyl (C=O) groups excluding carboxylic acids is 1. The second-order valence-electron chi connectivity index (χ2n) is 9.61. The fraction of sp³-hybridized carbons (Fsp3) is 0.500. The fourth-order valence-corrected chi connectivity index (χ4v) is 6.18. The van der Waals surface area contributed by atoms with Gasteiger partial charge in [0.15, 0.2) is 0 Å². The molecule has 0 radical (unpaired) electrons. The van der Waals surface area contributed by atoms with E-state index >= 15 is 0 Å². The molecule has 1 saturated heterocycles. The molecular weight excluding hydrogens is 448 g/mol. The number of nitrogens with one attached hydrogen (secondary N) is 2. The third-order valence-electron chi connectivity index (χ3n) is 7.33. The summed E-state index contributed by atoms with van der Waals surface area (Å²) in [6, 6.07) is 8.07. The highest BCUT2D eigenvalue weighted by Gasteiger charge is 2.30. The number of hydrogen-bond acceptors (Lipinski definition) is 6. The minimum Gasteiger partial charge on any atom is -0.497 e. The van der Waals surface area contributed by atoms with Crippen molar-refractivity contribution in [3.63, 3.8) is 0 Å². The number of thiophene rings is 1. The average molecular weight is 481 g/mol. The minimum atomic E-state index is -0.137. The molecule has 0 bridgehead atoms. The zero-order chi connectivity index (χ0) is 23.7. The molecule has 2 aromatic heterocycles. The molecule has 1 aromatic carbocycles. The van der Waals surface area contributed by atoms with Crippen LogP contribution >= 0.6 is 11.3 Å². The molecule has 180 valence electrons. The van der Waals surface area contributed by atoms with Crippen LogP contribution in [0, 0.1) is 11.8 Å². The number of amides is 1. The number of anilines is 1. The number of piperidine rings is 1. The molecule has 1 saturated carbocycles. The number of hydrogen-bond donors (Lipinski definition) is 2. The summed E-state index contributed by atoms with van der Waals surface area (Å²) in [5.74, 6) is 1.89. The molecule has 3 atom stereocenters. The molecule has 1 aliphatic heterocycles. The number of aromatic nitrogens is 2. The summed E-state index contributed by atoms with van der Waals surface area (Å²) in [4.78, 5) is 35.9. The number of nitrogens with zero attached hydrogens (tertiary/aromatic N) is 2. The number of aromatic amines is 1. The van der Waals surface area contributed by atoms with E-state index in [0.29, 0.717) is 28.6 Å². The van der Waals surface area contributed by atoms with E-state index in [0.717, 1.165) is 42.7 Å². The SMILES string of the molecule is COc1cccc(-c2csc3c(=O)[nH]c(N4CCC[C@H](C(=O)N[C@H]5CCCC[C@@H]5C)C4)nc23)c1. The molecule has 2 N–H and O–H groups in total. The summed E-state index contributed by atoms with van der Waals surface area (Å²) in [6.45, 7) is 3.58. The van der Waals surface area contributed by atoms with Crippen LogP contribution in [-0.2, 0) is 4.79 Å². The molecule has 3 heterocycles. The van der Waals surface area contributed by atoms with Crippen LogP contribution in [0.3, 0.4) is 0 Å². The lowest BCUT2D eigenvalue weighted by Gasteiger charge is -2.35. The van der Waals surface area contributed by atoms with Gasteiger partial charge in [0.2, 0.25) is 11.9 Å². The molecule has 34 heavy (non-hydrogen) atoms. The lowest BCUT2D eigenvalue weighted by molar-refractivity contribution is -0.126. The second-order valence-corrected chi connectivity index (χ2v) is 10.5. The summed E-state index contributed by atoms with van der Waals surface area (Å²) in [5.41, 5.74) is 2.44. The molecule has 0 spiro atoms. The number of H-pyrrole nitrogens is 1. The summed E-state index contributed by atoms with van der Waals surface area (Å²) >= 11 is 1.40. The Hall–Kier alpha value is -2.87. The van der Waals surface area contributed by atoms with E-state index in [1.54, 1.807) is 7.11 Å². The largest absolute Gasteiger partial charge is 0.497 e. The number of benzene rings is 1. The second kappa shape index (κ2) is 9.78. The van der Waals surface area contributed by atoms with Gasteiger partial charge in [0.1, 0.15) is 10.4 Å². The van der Waals surface area contributed by atoms with Crippen molar-refractivity contribution < 1.29 is 9.53 Å². The van der Waals surface area contributed by atoms with Crippen molar-refractivity contribution in [1.29, 1.82) is 0 Å². The van der Waals surface area contributed by atoms with E-state index in [-0.39, 0.29) is 23.4 Å². The molecule has 2 fully saturated rings. The summed E-state index contributed by atoms with van der Waals surface area (Å²) < 4.78 is 5.98. The Kier molecular flexibility index (Phi) is 6.59. The van der Waals surface area contributed by atoms with Crippen LogP contribution in [0.5, 0.6) is 5.75 Å². The monoisotopic (exact) mass is 480 g/mol. The standard InChI is InChI=1S/C26H32N4O3S/c1-16-7-3-4-11-21(16)27-24(31)18-9-6-12-30(14-18)26-28-22-20(15-34-23(22)25(32)29-26)17-8-5-10-19(13-17)33-2/h5,8,10,13,15-16,18,21H,3-4,6-7,9,11-12,14H2,1-2H3,(H,27,31)(H,28,29,32)/t16-,18-,21-/m0/s1. The van der Waals surface area contributed by atoms with Gasteiger partial charge in [0, 0.05) is 30.1 Å². The molecule has 5 rings (SSSR count). The van der Waals surface area contributed by atoms with Crippen LogP contribution in [0.15, 0.2) is 34.4 Å². The Morgan fingerprint density at radius 1 is 1.24 bits per heavy atom. The van der Waals surface area contributed by atoms with Crippen molar-refractivity contribution in [3.8, 4) is 16.9 Å². The minimum absolute atomic E-state index is 0.0933. The van der Waals surface area contributed by atoms with E-state index in [4.69, 9.17) is 9.72 Å². The fourth-order valence-electron chi connectivity index (χ4n) is 5.28. The van der Waals surface area contributed by atoms with Gasteiger partial charge in [-0.05, 0) is 49.3 Å².